The number of nitrogens with zero attached hydrogens (tertiary/aromatic N) is 1. The Morgan fingerprint density at radius 3 is 2.41 bits per heavy atom. The largest absolute Gasteiger partial charge is 0.481 e. The average Bonchev–Trinajstić information content (AvgIpc) is 2.67. The summed E-state index contributed by atoms with van der Waals surface area (Å²) in [4.78, 5) is 22.5. The van der Waals surface area contributed by atoms with E-state index in [1.54, 1.807) is 0 Å². The summed E-state index contributed by atoms with van der Waals surface area (Å²) in [6.07, 6.45) is 5.16. The van der Waals surface area contributed by atoms with Gasteiger partial charge in [0.1, 0.15) is 0 Å². The summed E-state index contributed by atoms with van der Waals surface area (Å²) in [5.41, 5.74) is 0. The Kier molecular flexibility index (Phi) is 3.46. The number of aromatic nitrogens is 1. The van der Waals surface area contributed by atoms with E-state index in [9.17, 15) is 9.59 Å². The van der Waals surface area contributed by atoms with Crippen LogP contribution in [0.1, 0.15) is 12.8 Å². The van der Waals surface area contributed by atoms with Gasteiger partial charge in [-0.3, -0.25) is 9.59 Å². The molecule has 1 saturated carbocycles. The molecule has 2 atom stereocenters. The molecule has 2 rings (SSSR count). The van der Waals surface area contributed by atoms with Crippen molar-refractivity contribution in [1.82, 2.24) is 9.88 Å². The molecule has 5 nitrogen and oxygen atoms in total. The third-order valence-electron chi connectivity index (χ3n) is 3.26. The topological polar surface area (TPSA) is 71.3 Å². The first kappa shape index (κ1) is 11.7. The summed E-state index contributed by atoms with van der Waals surface area (Å²) in [6, 6.07) is 3.85. The monoisotopic (exact) mass is 236 g/mol. The molecule has 0 radical (unpaired) electrons. The van der Waals surface area contributed by atoms with E-state index in [1.807, 2.05) is 29.1 Å². The number of hydrogen-bond donors (Lipinski definition) is 2. The van der Waals surface area contributed by atoms with Crippen molar-refractivity contribution in [3.05, 3.63) is 24.5 Å². The second-order valence-electron chi connectivity index (χ2n) is 4.34. The van der Waals surface area contributed by atoms with Crippen molar-refractivity contribution in [3.8, 4) is 0 Å². The number of carbonyl (C=O) groups excluding carboxylic acids is 1. The molecular formula is C12H16N2O3. The second kappa shape index (κ2) is 5.03. The lowest BCUT2D eigenvalue weighted by molar-refractivity contribution is -0.152. The highest BCUT2D eigenvalue weighted by molar-refractivity contribution is 5.86. The molecule has 1 heterocycles. The highest BCUT2D eigenvalue weighted by Gasteiger charge is 2.41. The number of nitrogens with one attached hydrogen (secondary N) is 1. The predicted molar refractivity (Wildman–Crippen MR) is 61.3 cm³/mol. The van der Waals surface area contributed by atoms with Crippen LogP contribution in [0.4, 0.5) is 0 Å². The van der Waals surface area contributed by atoms with Crippen molar-refractivity contribution in [2.75, 3.05) is 6.54 Å². The van der Waals surface area contributed by atoms with Gasteiger partial charge in [-0.1, -0.05) is 0 Å². The molecule has 1 aliphatic carbocycles. The Bertz CT molecular complexity index is 400. The molecule has 1 aromatic rings. The van der Waals surface area contributed by atoms with Gasteiger partial charge in [-0.25, -0.2) is 0 Å². The van der Waals surface area contributed by atoms with Crippen LogP contribution >= 0.6 is 0 Å². The maximum absolute atomic E-state index is 11.7. The molecule has 0 aromatic carbocycles. The average molecular weight is 236 g/mol. The highest BCUT2D eigenvalue weighted by Crippen LogP contribution is 2.34. The molecule has 2 unspecified atom stereocenters. The third-order valence-corrected chi connectivity index (χ3v) is 3.26. The molecule has 92 valence electrons. The Hall–Kier alpha value is -1.78. The molecule has 0 saturated heterocycles. The van der Waals surface area contributed by atoms with Gasteiger partial charge in [0, 0.05) is 25.5 Å². The van der Waals surface area contributed by atoms with E-state index in [2.05, 4.69) is 5.32 Å². The van der Waals surface area contributed by atoms with Gasteiger partial charge in [0.2, 0.25) is 5.91 Å². The van der Waals surface area contributed by atoms with Gasteiger partial charge in [0.05, 0.1) is 11.8 Å². The number of carboxylic acids is 1. The standard InChI is InChI=1S/C12H16N2O3/c15-11(9-3-4-10(9)12(16)17)13-5-8-14-6-1-2-7-14/h1-2,6-7,9-10H,3-5,8H2,(H,13,15)(H,16,17). The lowest BCUT2D eigenvalue weighted by Crippen LogP contribution is -2.44. The molecular weight excluding hydrogens is 220 g/mol. The van der Waals surface area contributed by atoms with Crippen LogP contribution in [0, 0.1) is 11.8 Å². The van der Waals surface area contributed by atoms with Crippen LogP contribution < -0.4 is 5.32 Å². The number of amides is 1. The maximum atomic E-state index is 11.7. The van der Waals surface area contributed by atoms with E-state index in [1.165, 1.54) is 0 Å². The Morgan fingerprint density at radius 2 is 1.88 bits per heavy atom. The van der Waals surface area contributed by atoms with Crippen LogP contribution in [0.25, 0.3) is 0 Å². The molecule has 0 aliphatic heterocycles. The summed E-state index contributed by atoms with van der Waals surface area (Å²) in [7, 11) is 0. The van der Waals surface area contributed by atoms with Gasteiger partial charge in [-0.15, -0.1) is 0 Å². The van der Waals surface area contributed by atoms with E-state index in [0.717, 1.165) is 0 Å². The fourth-order valence-electron chi connectivity index (χ4n) is 2.07. The van der Waals surface area contributed by atoms with E-state index >= 15 is 0 Å². The fourth-order valence-corrected chi connectivity index (χ4v) is 2.07. The first-order chi connectivity index (χ1) is 8.18. The number of carbonyl (C=O) groups is 2. The molecule has 1 amide bonds. The summed E-state index contributed by atoms with van der Waals surface area (Å²) in [5.74, 6) is -1.81. The maximum Gasteiger partial charge on any atom is 0.307 e. The minimum atomic E-state index is -0.859. The van der Waals surface area contributed by atoms with Gasteiger partial charge < -0.3 is 15.0 Å². The first-order valence-corrected chi connectivity index (χ1v) is 5.80. The molecule has 0 spiro atoms. The zero-order valence-electron chi connectivity index (χ0n) is 9.50. The van der Waals surface area contributed by atoms with Gasteiger partial charge in [-0.2, -0.15) is 0 Å². The van der Waals surface area contributed by atoms with Crippen LogP contribution in [0.3, 0.4) is 0 Å². The summed E-state index contributed by atoms with van der Waals surface area (Å²) in [6.45, 7) is 1.25. The zero-order valence-corrected chi connectivity index (χ0v) is 9.50. The van der Waals surface area contributed by atoms with Crippen molar-refractivity contribution >= 4 is 11.9 Å². The van der Waals surface area contributed by atoms with Crippen LogP contribution in [-0.4, -0.2) is 28.1 Å². The van der Waals surface area contributed by atoms with Gasteiger partial charge in [0.25, 0.3) is 0 Å². The lowest BCUT2D eigenvalue weighted by Gasteiger charge is -2.31. The quantitative estimate of drug-likeness (QED) is 0.791. The third kappa shape index (κ3) is 2.67. The van der Waals surface area contributed by atoms with Gasteiger partial charge in [-0.05, 0) is 25.0 Å². The summed E-state index contributed by atoms with van der Waals surface area (Å²) in [5, 5.41) is 11.6. The molecule has 1 fully saturated rings. The molecule has 1 aliphatic rings. The van der Waals surface area contributed by atoms with E-state index in [4.69, 9.17) is 5.11 Å². The highest BCUT2D eigenvalue weighted by atomic mass is 16.4. The van der Waals surface area contributed by atoms with Crippen molar-refractivity contribution < 1.29 is 14.7 Å². The van der Waals surface area contributed by atoms with Crippen molar-refractivity contribution in [2.45, 2.75) is 19.4 Å². The molecule has 1 aromatic heterocycles. The van der Waals surface area contributed by atoms with Crippen LogP contribution in [-0.2, 0) is 16.1 Å². The van der Waals surface area contributed by atoms with Crippen molar-refractivity contribution in [1.29, 1.82) is 0 Å². The predicted octanol–water partition coefficient (Wildman–Crippen LogP) is 0.715. The van der Waals surface area contributed by atoms with E-state index < -0.39 is 11.9 Å². The number of aliphatic carboxylic acids is 1. The summed E-state index contributed by atoms with van der Waals surface area (Å²) < 4.78 is 1.97. The molecule has 2 N–H and O–H groups in total. The zero-order chi connectivity index (χ0) is 12.3. The SMILES string of the molecule is O=C(O)C1CCC1C(=O)NCCn1cccc1. The number of rotatable bonds is 5. The number of hydrogen-bond acceptors (Lipinski definition) is 2. The second-order valence-corrected chi connectivity index (χ2v) is 4.34. The first-order valence-electron chi connectivity index (χ1n) is 5.80. The van der Waals surface area contributed by atoms with Crippen LogP contribution in [0.2, 0.25) is 0 Å². The number of carboxylic acid groups (broad SMARTS) is 1. The summed E-state index contributed by atoms with van der Waals surface area (Å²) >= 11 is 0. The van der Waals surface area contributed by atoms with E-state index in [-0.39, 0.29) is 11.8 Å². The Balaban J connectivity index is 1.72. The fraction of sp³-hybridized carbons (Fsp3) is 0.500. The Morgan fingerprint density at radius 1 is 1.24 bits per heavy atom. The van der Waals surface area contributed by atoms with Crippen molar-refractivity contribution in [3.63, 3.8) is 0 Å². The van der Waals surface area contributed by atoms with Crippen molar-refractivity contribution in [2.24, 2.45) is 11.8 Å². The normalized spacial score (nSPS) is 22.8. The minimum Gasteiger partial charge on any atom is -0.481 e. The van der Waals surface area contributed by atoms with E-state index in [0.29, 0.717) is 25.9 Å². The molecule has 5 heteroatoms. The molecule has 17 heavy (non-hydrogen) atoms. The minimum absolute atomic E-state index is 0.129. The van der Waals surface area contributed by atoms with Gasteiger partial charge in [0.15, 0.2) is 0 Å². The van der Waals surface area contributed by atoms with Crippen LogP contribution in [0.15, 0.2) is 24.5 Å². The Labute approximate surface area is 99.4 Å². The lowest BCUT2D eigenvalue weighted by atomic mass is 9.73. The smallest absolute Gasteiger partial charge is 0.307 e. The molecule has 0 bridgehead atoms. The van der Waals surface area contributed by atoms with Gasteiger partial charge >= 0.3 is 5.97 Å². The van der Waals surface area contributed by atoms with Crippen LogP contribution in [0.5, 0.6) is 0 Å².